The smallest absolute Gasteiger partial charge is 0.213 e. The molecule has 2 aromatic rings. The fraction of sp³-hybridized carbons (Fsp3) is 0.529. The van der Waals surface area contributed by atoms with Crippen LogP contribution in [0.2, 0.25) is 0 Å². The average Bonchev–Trinajstić information content (AvgIpc) is 2.86. The summed E-state index contributed by atoms with van der Waals surface area (Å²) in [5.74, 6) is 1.44. The molecule has 0 aliphatic carbocycles. The molecule has 0 saturated heterocycles. The van der Waals surface area contributed by atoms with Crippen molar-refractivity contribution >= 4 is 11.8 Å². The minimum Gasteiger partial charge on any atom is -0.475 e. The monoisotopic (exact) mass is 351 g/mol. The second kappa shape index (κ2) is 9.66. The first-order valence-corrected chi connectivity index (χ1v) is 8.86. The number of pyridine rings is 1. The number of aromatic nitrogens is 3. The number of hydrogen-bond acceptors (Lipinski definition) is 6. The maximum atomic E-state index is 5.56. The molecular weight excluding hydrogens is 326 g/mol. The van der Waals surface area contributed by atoms with E-state index in [1.54, 1.807) is 32.2 Å². The Morgan fingerprint density at radius 3 is 2.67 bits per heavy atom. The Labute approximate surface area is 147 Å². The number of ether oxygens (including phenoxy) is 3. The third kappa shape index (κ3) is 5.22. The number of rotatable bonds is 10. The molecule has 0 aliphatic rings. The number of hydrogen-bond donors (Lipinski definition) is 0. The summed E-state index contributed by atoms with van der Waals surface area (Å²) in [5.41, 5.74) is 3.40. The van der Waals surface area contributed by atoms with E-state index in [1.165, 1.54) is 5.69 Å². The summed E-state index contributed by atoms with van der Waals surface area (Å²) in [6, 6.07) is 3.96. The molecule has 0 amide bonds. The van der Waals surface area contributed by atoms with Gasteiger partial charge in [0.2, 0.25) is 5.88 Å². The fourth-order valence-electron chi connectivity index (χ4n) is 2.18. The standard InChI is InChI=1S/C17H25N3O3S/c1-13-14(2)20(7-8-21-3)17(19-13)24-12-15-5-6-18-16(11-15)23-10-9-22-4/h5-6,11H,7-10,12H2,1-4H3. The lowest BCUT2D eigenvalue weighted by molar-refractivity contribution is 0.143. The van der Waals surface area contributed by atoms with Crippen molar-refractivity contribution in [2.45, 2.75) is 31.3 Å². The molecule has 0 bridgehead atoms. The summed E-state index contributed by atoms with van der Waals surface area (Å²) in [6.07, 6.45) is 1.77. The highest BCUT2D eigenvalue weighted by Gasteiger charge is 2.11. The van der Waals surface area contributed by atoms with E-state index < -0.39 is 0 Å². The predicted molar refractivity (Wildman–Crippen MR) is 94.7 cm³/mol. The van der Waals surface area contributed by atoms with Gasteiger partial charge in [0.05, 0.1) is 18.9 Å². The van der Waals surface area contributed by atoms with Crippen molar-refractivity contribution in [1.29, 1.82) is 0 Å². The van der Waals surface area contributed by atoms with Crippen molar-refractivity contribution in [2.24, 2.45) is 0 Å². The molecule has 2 heterocycles. The molecule has 0 N–H and O–H groups in total. The van der Waals surface area contributed by atoms with Crippen molar-refractivity contribution in [1.82, 2.24) is 14.5 Å². The van der Waals surface area contributed by atoms with Crippen LogP contribution >= 0.6 is 11.8 Å². The highest BCUT2D eigenvalue weighted by molar-refractivity contribution is 7.98. The molecule has 0 spiro atoms. The quantitative estimate of drug-likeness (QED) is 0.485. The highest BCUT2D eigenvalue weighted by Crippen LogP contribution is 2.25. The Kier molecular flexibility index (Phi) is 7.55. The zero-order valence-electron chi connectivity index (χ0n) is 14.7. The van der Waals surface area contributed by atoms with E-state index in [0.29, 0.717) is 25.7 Å². The van der Waals surface area contributed by atoms with Crippen molar-refractivity contribution in [3.05, 3.63) is 35.3 Å². The first-order valence-electron chi connectivity index (χ1n) is 7.87. The van der Waals surface area contributed by atoms with Gasteiger partial charge in [-0.2, -0.15) is 0 Å². The van der Waals surface area contributed by atoms with Crippen LogP contribution in [0, 0.1) is 13.8 Å². The third-order valence-corrected chi connectivity index (χ3v) is 4.69. The van der Waals surface area contributed by atoms with Crippen LogP contribution in [0.5, 0.6) is 5.88 Å². The second-order valence-electron chi connectivity index (χ2n) is 5.34. The van der Waals surface area contributed by atoms with Crippen LogP contribution in [0.1, 0.15) is 17.0 Å². The van der Waals surface area contributed by atoms with Gasteiger partial charge in [-0.1, -0.05) is 11.8 Å². The predicted octanol–water partition coefficient (Wildman–Crippen LogP) is 2.86. The van der Waals surface area contributed by atoms with E-state index in [-0.39, 0.29) is 0 Å². The van der Waals surface area contributed by atoms with Gasteiger partial charge in [-0.3, -0.25) is 0 Å². The number of methoxy groups -OCH3 is 2. The van der Waals surface area contributed by atoms with E-state index in [9.17, 15) is 0 Å². The van der Waals surface area contributed by atoms with E-state index in [2.05, 4.69) is 21.5 Å². The molecule has 7 heteroatoms. The molecule has 0 saturated carbocycles. The molecule has 2 rings (SSSR count). The zero-order chi connectivity index (χ0) is 17.4. The lowest BCUT2D eigenvalue weighted by Crippen LogP contribution is -2.07. The number of nitrogens with zero attached hydrogens (tertiary/aromatic N) is 3. The second-order valence-corrected chi connectivity index (χ2v) is 6.28. The van der Waals surface area contributed by atoms with Gasteiger partial charge < -0.3 is 18.8 Å². The summed E-state index contributed by atoms with van der Waals surface area (Å²) >= 11 is 1.71. The minimum absolute atomic E-state index is 0.500. The largest absolute Gasteiger partial charge is 0.475 e. The Hall–Kier alpha value is -1.57. The Bertz CT molecular complexity index is 646. The zero-order valence-corrected chi connectivity index (χ0v) is 15.6. The van der Waals surface area contributed by atoms with Crippen LogP contribution in [0.3, 0.4) is 0 Å². The molecule has 0 radical (unpaired) electrons. The van der Waals surface area contributed by atoms with Crippen molar-refractivity contribution < 1.29 is 14.2 Å². The number of aryl methyl sites for hydroxylation is 1. The molecule has 0 aromatic carbocycles. The average molecular weight is 351 g/mol. The van der Waals surface area contributed by atoms with E-state index in [0.717, 1.165) is 28.7 Å². The lowest BCUT2D eigenvalue weighted by Gasteiger charge is -2.10. The first-order chi connectivity index (χ1) is 11.7. The minimum atomic E-state index is 0.500. The molecule has 24 heavy (non-hydrogen) atoms. The fourth-order valence-corrected chi connectivity index (χ4v) is 3.24. The van der Waals surface area contributed by atoms with E-state index in [4.69, 9.17) is 14.2 Å². The molecule has 0 fully saturated rings. The van der Waals surface area contributed by atoms with Gasteiger partial charge in [-0.15, -0.1) is 0 Å². The SMILES string of the molecule is COCCOc1cc(CSc2nc(C)c(C)n2CCOC)ccn1. The maximum absolute atomic E-state index is 5.56. The van der Waals surface area contributed by atoms with Gasteiger partial charge in [0.15, 0.2) is 5.16 Å². The normalized spacial score (nSPS) is 11.0. The molecule has 2 aromatic heterocycles. The van der Waals surface area contributed by atoms with Crippen molar-refractivity contribution in [3.8, 4) is 5.88 Å². The molecule has 0 aliphatic heterocycles. The summed E-state index contributed by atoms with van der Waals surface area (Å²) in [4.78, 5) is 8.89. The summed E-state index contributed by atoms with van der Waals surface area (Å²) < 4.78 is 17.9. The summed E-state index contributed by atoms with van der Waals surface area (Å²) in [5, 5.41) is 1.01. The van der Waals surface area contributed by atoms with Crippen LogP contribution in [0.25, 0.3) is 0 Å². The number of imidazole rings is 1. The van der Waals surface area contributed by atoms with Crippen LogP contribution in [-0.4, -0.2) is 48.6 Å². The lowest BCUT2D eigenvalue weighted by atomic mass is 10.3. The van der Waals surface area contributed by atoms with Gasteiger partial charge in [-0.25, -0.2) is 9.97 Å². The van der Waals surface area contributed by atoms with E-state index >= 15 is 0 Å². The molecule has 132 valence electrons. The molecule has 6 nitrogen and oxygen atoms in total. The summed E-state index contributed by atoms with van der Waals surface area (Å²) in [6.45, 7) is 6.67. The third-order valence-electron chi connectivity index (χ3n) is 3.65. The van der Waals surface area contributed by atoms with Gasteiger partial charge in [0.25, 0.3) is 0 Å². The van der Waals surface area contributed by atoms with Gasteiger partial charge in [0.1, 0.15) is 6.61 Å². The maximum Gasteiger partial charge on any atom is 0.213 e. The van der Waals surface area contributed by atoms with Gasteiger partial charge >= 0.3 is 0 Å². The molecule has 0 unspecified atom stereocenters. The topological polar surface area (TPSA) is 58.4 Å². The Morgan fingerprint density at radius 1 is 1.12 bits per heavy atom. The Morgan fingerprint density at radius 2 is 1.92 bits per heavy atom. The van der Waals surface area contributed by atoms with Crippen LogP contribution < -0.4 is 4.74 Å². The number of thioether (sulfide) groups is 1. The Balaban J connectivity index is 2.00. The van der Waals surface area contributed by atoms with Crippen LogP contribution in [-0.2, 0) is 21.8 Å². The highest BCUT2D eigenvalue weighted by atomic mass is 32.2. The molecule has 0 atom stereocenters. The van der Waals surface area contributed by atoms with Crippen LogP contribution in [0.15, 0.2) is 23.5 Å². The van der Waals surface area contributed by atoms with Crippen LogP contribution in [0.4, 0.5) is 0 Å². The van der Waals surface area contributed by atoms with E-state index in [1.807, 2.05) is 19.1 Å². The van der Waals surface area contributed by atoms with Crippen molar-refractivity contribution in [2.75, 3.05) is 34.0 Å². The molecular formula is C17H25N3O3S. The first kappa shape index (κ1) is 18.8. The van der Waals surface area contributed by atoms with Gasteiger partial charge in [0, 0.05) is 44.5 Å². The summed E-state index contributed by atoms with van der Waals surface area (Å²) in [7, 11) is 3.37. The van der Waals surface area contributed by atoms with Gasteiger partial charge in [-0.05, 0) is 25.5 Å². The van der Waals surface area contributed by atoms with Crippen molar-refractivity contribution in [3.63, 3.8) is 0 Å².